The van der Waals surface area contributed by atoms with E-state index >= 15 is 0 Å². The van der Waals surface area contributed by atoms with Gasteiger partial charge in [0, 0.05) is 17.1 Å². The molecule has 2 nitrogen and oxygen atoms in total. The first kappa shape index (κ1) is 14.0. The van der Waals surface area contributed by atoms with Crippen molar-refractivity contribution in [2.45, 2.75) is 44.8 Å². The van der Waals surface area contributed by atoms with Crippen molar-refractivity contribution >= 4 is 15.9 Å². The lowest BCUT2D eigenvalue weighted by Crippen LogP contribution is -2.17. The largest absolute Gasteiger partial charge is 0.377 e. The quantitative estimate of drug-likeness (QED) is 0.699. The molecule has 0 aromatic heterocycles. The second-order valence-electron chi connectivity index (χ2n) is 4.97. The molecule has 3 heteroatoms. The number of hydrogen-bond donors (Lipinski definition) is 1. The summed E-state index contributed by atoms with van der Waals surface area (Å²) in [6, 6.07) is 9.14. The molecule has 1 N–H and O–H groups in total. The van der Waals surface area contributed by atoms with Gasteiger partial charge in [-0.1, -0.05) is 28.1 Å². The maximum atomic E-state index is 5.67. The number of hydrogen-bond acceptors (Lipinski definition) is 2. The second-order valence-corrected chi connectivity index (χ2v) is 5.89. The van der Waals surface area contributed by atoms with Gasteiger partial charge >= 0.3 is 0 Å². The van der Waals surface area contributed by atoms with E-state index in [4.69, 9.17) is 4.74 Å². The fraction of sp³-hybridized carbons (Fsp3) is 0.600. The SMILES string of the molecule is Brc1cccc(COCCCCCNC2CC2)c1. The van der Waals surface area contributed by atoms with Crippen LogP contribution in [0.15, 0.2) is 28.7 Å². The van der Waals surface area contributed by atoms with Gasteiger partial charge in [-0.25, -0.2) is 0 Å². The third-order valence-electron chi connectivity index (χ3n) is 3.13. The summed E-state index contributed by atoms with van der Waals surface area (Å²) in [7, 11) is 0. The van der Waals surface area contributed by atoms with Gasteiger partial charge < -0.3 is 10.1 Å². The van der Waals surface area contributed by atoms with Crippen LogP contribution >= 0.6 is 15.9 Å². The number of nitrogens with one attached hydrogen (secondary N) is 1. The molecular weight excluding hydrogens is 290 g/mol. The van der Waals surface area contributed by atoms with Gasteiger partial charge in [0.25, 0.3) is 0 Å². The Kier molecular flexibility index (Phi) is 6.18. The van der Waals surface area contributed by atoms with Crippen LogP contribution in [0.4, 0.5) is 0 Å². The summed E-state index contributed by atoms with van der Waals surface area (Å²) in [4.78, 5) is 0. The van der Waals surface area contributed by atoms with Crippen LogP contribution in [0, 0.1) is 0 Å². The molecule has 0 unspecified atom stereocenters. The Balaban J connectivity index is 1.43. The van der Waals surface area contributed by atoms with Crippen LogP contribution in [0.5, 0.6) is 0 Å². The van der Waals surface area contributed by atoms with Gasteiger partial charge in [0.15, 0.2) is 0 Å². The molecule has 0 aliphatic heterocycles. The zero-order chi connectivity index (χ0) is 12.6. The highest BCUT2D eigenvalue weighted by Gasteiger charge is 2.19. The maximum absolute atomic E-state index is 5.67. The Labute approximate surface area is 118 Å². The molecule has 0 heterocycles. The first-order valence-corrected chi connectivity index (χ1v) is 7.69. The Morgan fingerprint density at radius 3 is 2.89 bits per heavy atom. The summed E-state index contributed by atoms with van der Waals surface area (Å²) in [6.45, 7) is 2.77. The molecule has 0 radical (unpaired) electrons. The van der Waals surface area contributed by atoms with Crippen molar-refractivity contribution in [3.63, 3.8) is 0 Å². The first-order chi connectivity index (χ1) is 8.84. The topological polar surface area (TPSA) is 21.3 Å². The van der Waals surface area contributed by atoms with E-state index in [1.165, 1.54) is 44.2 Å². The number of ether oxygens (including phenoxy) is 1. The lowest BCUT2D eigenvalue weighted by molar-refractivity contribution is 0.117. The molecule has 100 valence electrons. The van der Waals surface area contributed by atoms with Crippen LogP contribution in [0.2, 0.25) is 0 Å². The van der Waals surface area contributed by atoms with E-state index in [0.717, 1.165) is 23.7 Å². The summed E-state index contributed by atoms with van der Waals surface area (Å²) in [5, 5.41) is 3.53. The van der Waals surface area contributed by atoms with E-state index in [1.807, 2.05) is 12.1 Å². The molecule has 2 rings (SSSR count). The van der Waals surface area contributed by atoms with Crippen LogP contribution in [-0.2, 0) is 11.3 Å². The number of benzene rings is 1. The van der Waals surface area contributed by atoms with Crippen molar-refractivity contribution < 1.29 is 4.74 Å². The lowest BCUT2D eigenvalue weighted by Gasteiger charge is -2.05. The molecule has 18 heavy (non-hydrogen) atoms. The van der Waals surface area contributed by atoms with Gasteiger partial charge in [0.1, 0.15) is 0 Å². The van der Waals surface area contributed by atoms with E-state index in [0.29, 0.717) is 0 Å². The second kappa shape index (κ2) is 7.93. The normalized spacial score (nSPS) is 14.9. The van der Waals surface area contributed by atoms with Gasteiger partial charge in [-0.15, -0.1) is 0 Å². The van der Waals surface area contributed by atoms with Crippen LogP contribution < -0.4 is 5.32 Å². The third-order valence-corrected chi connectivity index (χ3v) is 3.63. The third kappa shape index (κ3) is 5.98. The van der Waals surface area contributed by atoms with Gasteiger partial charge in [0.05, 0.1) is 6.61 Å². The smallest absolute Gasteiger partial charge is 0.0717 e. The Bertz CT molecular complexity index is 352. The van der Waals surface area contributed by atoms with E-state index in [2.05, 4.69) is 33.4 Å². The molecule has 1 aromatic rings. The fourth-order valence-electron chi connectivity index (χ4n) is 1.92. The fourth-order valence-corrected chi connectivity index (χ4v) is 2.36. The monoisotopic (exact) mass is 311 g/mol. The van der Waals surface area contributed by atoms with E-state index in [1.54, 1.807) is 0 Å². The Hall–Kier alpha value is -0.380. The zero-order valence-electron chi connectivity index (χ0n) is 10.8. The molecule has 0 spiro atoms. The minimum Gasteiger partial charge on any atom is -0.377 e. The molecule has 1 saturated carbocycles. The first-order valence-electron chi connectivity index (χ1n) is 6.90. The lowest BCUT2D eigenvalue weighted by atomic mass is 10.2. The van der Waals surface area contributed by atoms with Gasteiger partial charge in [-0.3, -0.25) is 0 Å². The van der Waals surface area contributed by atoms with Crippen LogP contribution in [0.1, 0.15) is 37.7 Å². The molecule has 0 atom stereocenters. The highest BCUT2D eigenvalue weighted by atomic mass is 79.9. The summed E-state index contributed by atoms with van der Waals surface area (Å²) < 4.78 is 6.79. The highest BCUT2D eigenvalue weighted by Crippen LogP contribution is 2.18. The number of rotatable bonds is 9. The van der Waals surface area contributed by atoms with Gasteiger partial charge in [-0.2, -0.15) is 0 Å². The predicted molar refractivity (Wildman–Crippen MR) is 78.7 cm³/mol. The van der Waals surface area contributed by atoms with Gasteiger partial charge in [0.2, 0.25) is 0 Å². The zero-order valence-corrected chi connectivity index (χ0v) is 12.4. The molecule has 1 aliphatic carbocycles. The summed E-state index contributed by atoms with van der Waals surface area (Å²) in [5.41, 5.74) is 1.24. The summed E-state index contributed by atoms with van der Waals surface area (Å²) >= 11 is 3.47. The molecule has 1 aliphatic rings. The molecule has 1 aromatic carbocycles. The van der Waals surface area contributed by atoms with Crippen LogP contribution in [-0.4, -0.2) is 19.2 Å². The average molecular weight is 312 g/mol. The average Bonchev–Trinajstić information content (AvgIpc) is 3.17. The number of unbranched alkanes of at least 4 members (excludes halogenated alkanes) is 2. The highest BCUT2D eigenvalue weighted by molar-refractivity contribution is 9.10. The van der Waals surface area contributed by atoms with E-state index in [9.17, 15) is 0 Å². The van der Waals surface area contributed by atoms with E-state index < -0.39 is 0 Å². The molecule has 0 amide bonds. The minimum atomic E-state index is 0.722. The van der Waals surface area contributed by atoms with Crippen molar-refractivity contribution in [2.24, 2.45) is 0 Å². The number of halogens is 1. The Morgan fingerprint density at radius 1 is 1.22 bits per heavy atom. The summed E-state index contributed by atoms with van der Waals surface area (Å²) in [5.74, 6) is 0. The molecular formula is C15H22BrNO. The summed E-state index contributed by atoms with van der Waals surface area (Å²) in [6.07, 6.45) is 6.47. The molecule has 0 saturated heterocycles. The van der Waals surface area contributed by atoms with Crippen molar-refractivity contribution in [1.82, 2.24) is 5.32 Å². The van der Waals surface area contributed by atoms with Crippen molar-refractivity contribution in [3.8, 4) is 0 Å². The van der Waals surface area contributed by atoms with Crippen molar-refractivity contribution in [3.05, 3.63) is 34.3 Å². The Morgan fingerprint density at radius 2 is 2.11 bits per heavy atom. The van der Waals surface area contributed by atoms with Crippen molar-refractivity contribution in [2.75, 3.05) is 13.2 Å². The molecule has 0 bridgehead atoms. The van der Waals surface area contributed by atoms with Crippen LogP contribution in [0.25, 0.3) is 0 Å². The minimum absolute atomic E-state index is 0.722. The van der Waals surface area contributed by atoms with Crippen LogP contribution in [0.3, 0.4) is 0 Å². The predicted octanol–water partition coefficient (Wildman–Crippen LogP) is 3.89. The maximum Gasteiger partial charge on any atom is 0.0717 e. The standard InChI is InChI=1S/C15H22BrNO/c16-14-6-4-5-13(11-14)12-18-10-3-1-2-9-17-15-7-8-15/h4-6,11,15,17H,1-3,7-10,12H2. The molecule has 1 fully saturated rings. The van der Waals surface area contributed by atoms with E-state index in [-0.39, 0.29) is 0 Å². The van der Waals surface area contributed by atoms with Crippen molar-refractivity contribution in [1.29, 1.82) is 0 Å². The van der Waals surface area contributed by atoms with Gasteiger partial charge in [-0.05, 0) is 56.3 Å².